The van der Waals surface area contributed by atoms with Gasteiger partial charge in [-0.25, -0.2) is 0 Å². The van der Waals surface area contributed by atoms with Gasteiger partial charge in [0.25, 0.3) is 11.6 Å². The number of phenolic OH excluding ortho intramolecular Hbond substituents is 2. The Balaban J connectivity index is 2.74. The van der Waals surface area contributed by atoms with Crippen molar-refractivity contribution in [3.8, 4) is 22.8 Å². The number of carbonyl (C=O) groups excluding carboxylic acids is 1. The number of nitro groups is 1. The lowest BCUT2D eigenvalue weighted by atomic mass is 10.1. The number of nitrogens with two attached hydrogens (primary N) is 1. The maximum Gasteiger partial charge on any atom is 0.282 e. The number of nitrogens with one attached hydrogen (secondary N) is 1. The first-order chi connectivity index (χ1) is 8.91. The number of H-pyrrole nitrogens is 1. The molecule has 0 radical (unpaired) electrons. The molecule has 0 saturated carbocycles. The van der Waals surface area contributed by atoms with E-state index in [-0.39, 0.29) is 17.0 Å². The Morgan fingerprint density at radius 2 is 1.95 bits per heavy atom. The van der Waals surface area contributed by atoms with E-state index in [4.69, 9.17) is 5.73 Å². The van der Waals surface area contributed by atoms with E-state index in [9.17, 15) is 25.1 Å². The van der Waals surface area contributed by atoms with Gasteiger partial charge in [-0.1, -0.05) is 0 Å². The van der Waals surface area contributed by atoms with Crippen LogP contribution in [0.4, 0.5) is 5.69 Å². The number of rotatable bonds is 3. The van der Waals surface area contributed by atoms with Crippen LogP contribution in [0.15, 0.2) is 12.1 Å². The van der Waals surface area contributed by atoms with Crippen molar-refractivity contribution < 1.29 is 19.9 Å². The van der Waals surface area contributed by atoms with Crippen molar-refractivity contribution in [2.24, 2.45) is 5.73 Å². The predicted octanol–water partition coefficient (Wildman–Crippen LogP) is -0.110. The highest BCUT2D eigenvalue weighted by molar-refractivity contribution is 5.98. The maximum atomic E-state index is 11.1. The lowest BCUT2D eigenvalue weighted by Crippen LogP contribution is -2.13. The van der Waals surface area contributed by atoms with Crippen LogP contribution in [0.1, 0.15) is 10.5 Å². The Kier molecular flexibility index (Phi) is 2.75. The summed E-state index contributed by atoms with van der Waals surface area (Å²) in [5.41, 5.74) is 3.81. The second-order valence-corrected chi connectivity index (χ2v) is 3.50. The average Bonchev–Trinajstić information content (AvgIpc) is 2.80. The summed E-state index contributed by atoms with van der Waals surface area (Å²) in [6.45, 7) is 0. The molecule has 1 amide bonds. The predicted molar refractivity (Wildman–Crippen MR) is 60.3 cm³/mol. The van der Waals surface area contributed by atoms with Gasteiger partial charge in [0.2, 0.25) is 0 Å². The Hall–Kier alpha value is -3.17. The molecule has 0 unspecified atom stereocenters. The molecule has 10 nitrogen and oxygen atoms in total. The summed E-state index contributed by atoms with van der Waals surface area (Å²) < 4.78 is 0. The summed E-state index contributed by atoms with van der Waals surface area (Å²) in [7, 11) is 0. The van der Waals surface area contributed by atoms with Gasteiger partial charge in [0.05, 0.1) is 16.6 Å². The molecule has 98 valence electrons. The lowest BCUT2D eigenvalue weighted by Gasteiger charge is -2.03. The number of aromatic hydroxyl groups is 2. The number of aromatic nitrogens is 3. The number of benzene rings is 1. The number of amides is 1. The SMILES string of the molecule is NC(=O)c1n[nH]nc1-c1cc(O)c(O)cc1[N+](=O)[O-]. The zero-order valence-electron chi connectivity index (χ0n) is 9.19. The molecule has 5 N–H and O–H groups in total. The smallest absolute Gasteiger partial charge is 0.282 e. The van der Waals surface area contributed by atoms with Crippen molar-refractivity contribution in [3.05, 3.63) is 27.9 Å². The molecular formula is C9H7N5O5. The van der Waals surface area contributed by atoms with Gasteiger partial charge in [-0.05, 0) is 0 Å². The van der Waals surface area contributed by atoms with Gasteiger partial charge in [0, 0.05) is 6.07 Å². The fourth-order valence-corrected chi connectivity index (χ4v) is 1.50. The van der Waals surface area contributed by atoms with Crippen LogP contribution >= 0.6 is 0 Å². The third-order valence-electron chi connectivity index (χ3n) is 2.33. The summed E-state index contributed by atoms with van der Waals surface area (Å²) in [6.07, 6.45) is 0. The van der Waals surface area contributed by atoms with E-state index in [0.717, 1.165) is 12.1 Å². The van der Waals surface area contributed by atoms with Gasteiger partial charge >= 0.3 is 0 Å². The highest BCUT2D eigenvalue weighted by Gasteiger charge is 2.25. The van der Waals surface area contributed by atoms with Crippen molar-refractivity contribution in [1.29, 1.82) is 0 Å². The van der Waals surface area contributed by atoms with Crippen LogP contribution in [0.25, 0.3) is 11.3 Å². The summed E-state index contributed by atoms with van der Waals surface area (Å²) in [4.78, 5) is 21.2. The Labute approximate surface area is 104 Å². The monoisotopic (exact) mass is 265 g/mol. The fraction of sp³-hybridized carbons (Fsp3) is 0. The number of nitrogens with zero attached hydrogens (tertiary/aromatic N) is 3. The van der Waals surface area contributed by atoms with Crippen LogP contribution in [0.3, 0.4) is 0 Å². The molecule has 2 aromatic rings. The molecule has 1 aromatic carbocycles. The van der Waals surface area contributed by atoms with E-state index in [1.165, 1.54) is 0 Å². The van der Waals surface area contributed by atoms with Crippen LogP contribution in [-0.4, -0.2) is 36.5 Å². The number of aromatic amines is 1. The molecule has 0 saturated heterocycles. The Morgan fingerprint density at radius 1 is 1.32 bits per heavy atom. The maximum absolute atomic E-state index is 11.1. The van der Waals surface area contributed by atoms with Crippen molar-refractivity contribution in [1.82, 2.24) is 15.4 Å². The van der Waals surface area contributed by atoms with E-state index in [2.05, 4.69) is 15.4 Å². The molecule has 10 heteroatoms. The molecule has 1 aromatic heterocycles. The Morgan fingerprint density at radius 3 is 2.53 bits per heavy atom. The topological polar surface area (TPSA) is 168 Å². The van der Waals surface area contributed by atoms with Crippen molar-refractivity contribution >= 4 is 11.6 Å². The molecule has 0 spiro atoms. The van der Waals surface area contributed by atoms with Gasteiger partial charge in [-0.2, -0.15) is 15.4 Å². The van der Waals surface area contributed by atoms with E-state index in [1.807, 2.05) is 0 Å². The molecule has 1 heterocycles. The quantitative estimate of drug-likeness (QED) is 0.341. The number of hydrogen-bond acceptors (Lipinski definition) is 7. The first-order valence-electron chi connectivity index (χ1n) is 4.83. The number of carbonyl (C=O) groups is 1. The third-order valence-corrected chi connectivity index (χ3v) is 2.33. The summed E-state index contributed by atoms with van der Waals surface area (Å²) in [5.74, 6) is -2.20. The first kappa shape index (κ1) is 12.3. The summed E-state index contributed by atoms with van der Waals surface area (Å²) >= 11 is 0. The summed E-state index contributed by atoms with van der Waals surface area (Å²) in [5, 5.41) is 38.7. The molecule has 0 bridgehead atoms. The molecule has 0 aliphatic heterocycles. The second-order valence-electron chi connectivity index (χ2n) is 3.50. The van der Waals surface area contributed by atoms with Crippen molar-refractivity contribution in [3.63, 3.8) is 0 Å². The number of primary amides is 1. The average molecular weight is 265 g/mol. The van der Waals surface area contributed by atoms with Crippen molar-refractivity contribution in [2.45, 2.75) is 0 Å². The number of nitro benzene ring substituents is 1. The molecule has 19 heavy (non-hydrogen) atoms. The van der Waals surface area contributed by atoms with Gasteiger partial charge in [0.15, 0.2) is 17.2 Å². The summed E-state index contributed by atoms with van der Waals surface area (Å²) in [6, 6.07) is 1.64. The molecular weight excluding hydrogens is 258 g/mol. The zero-order chi connectivity index (χ0) is 14.2. The molecule has 0 fully saturated rings. The molecule has 0 aliphatic rings. The minimum atomic E-state index is -0.939. The van der Waals surface area contributed by atoms with Crippen LogP contribution in [0.2, 0.25) is 0 Å². The standard InChI is InChI=1S/C9H7N5O5/c10-9(17)8-7(11-13-12-8)3-1-5(15)6(16)2-4(3)14(18)19/h1-2,15-16H,(H2,10,17)(H,11,12,13). The molecule has 0 atom stereocenters. The number of phenols is 2. The number of hydrogen-bond donors (Lipinski definition) is 4. The van der Waals surface area contributed by atoms with Gasteiger partial charge < -0.3 is 15.9 Å². The largest absolute Gasteiger partial charge is 0.504 e. The molecule has 0 aliphatic carbocycles. The third kappa shape index (κ3) is 2.01. The minimum Gasteiger partial charge on any atom is -0.504 e. The zero-order valence-corrected chi connectivity index (χ0v) is 9.19. The normalized spacial score (nSPS) is 10.3. The van der Waals surface area contributed by atoms with E-state index in [1.54, 1.807) is 0 Å². The van der Waals surface area contributed by atoms with E-state index < -0.39 is 28.0 Å². The first-order valence-corrected chi connectivity index (χ1v) is 4.83. The van der Waals surface area contributed by atoms with Crippen LogP contribution in [0.5, 0.6) is 11.5 Å². The van der Waals surface area contributed by atoms with Gasteiger partial charge in [-0.3, -0.25) is 14.9 Å². The lowest BCUT2D eigenvalue weighted by molar-refractivity contribution is -0.384. The van der Waals surface area contributed by atoms with Gasteiger partial charge in [0.1, 0.15) is 5.69 Å². The van der Waals surface area contributed by atoms with Crippen LogP contribution in [0, 0.1) is 10.1 Å². The van der Waals surface area contributed by atoms with Crippen molar-refractivity contribution in [2.75, 3.05) is 0 Å². The highest BCUT2D eigenvalue weighted by Crippen LogP contribution is 2.38. The van der Waals surface area contributed by atoms with Gasteiger partial charge in [-0.15, -0.1) is 0 Å². The fourth-order valence-electron chi connectivity index (χ4n) is 1.50. The highest BCUT2D eigenvalue weighted by atomic mass is 16.6. The van der Waals surface area contributed by atoms with Crippen LogP contribution < -0.4 is 5.73 Å². The Bertz CT molecular complexity index is 680. The van der Waals surface area contributed by atoms with E-state index in [0.29, 0.717) is 0 Å². The molecule has 2 rings (SSSR count). The minimum absolute atomic E-state index is 0.186. The van der Waals surface area contributed by atoms with Crippen LogP contribution in [-0.2, 0) is 0 Å². The van der Waals surface area contributed by atoms with E-state index >= 15 is 0 Å². The second kappa shape index (κ2) is 4.25.